The smallest absolute Gasteiger partial charge is 0.210 e. The Morgan fingerprint density at radius 2 is 1.84 bits per heavy atom. The van der Waals surface area contributed by atoms with Crippen LogP contribution in [0.5, 0.6) is 0 Å². The van der Waals surface area contributed by atoms with Crippen LogP contribution in [0.3, 0.4) is 0 Å². The van der Waals surface area contributed by atoms with Gasteiger partial charge in [0.05, 0.1) is 12.1 Å². The van der Waals surface area contributed by atoms with E-state index in [1.165, 1.54) is 23.9 Å². The average molecular weight is 280 g/mol. The van der Waals surface area contributed by atoms with Gasteiger partial charge in [0, 0.05) is 14.1 Å². The molecule has 0 unspecified atom stereocenters. The molecule has 0 amide bonds. The largest absolute Gasteiger partial charge is 0.369 e. The standard InChI is InChI=1S/C13H17FN4S/c1-10(11-5-7-12(14)8-6-11)16-17-13(19-4)15-9-18(2)3/h5-9H,1-4H3/b15-9+,16-10-,17-13-. The van der Waals surface area contributed by atoms with Crippen LogP contribution in [0.4, 0.5) is 4.39 Å². The lowest BCUT2D eigenvalue weighted by atomic mass is 10.1. The maximum Gasteiger partial charge on any atom is 0.210 e. The predicted molar refractivity (Wildman–Crippen MR) is 81.7 cm³/mol. The van der Waals surface area contributed by atoms with E-state index >= 15 is 0 Å². The number of thioether (sulfide) groups is 1. The van der Waals surface area contributed by atoms with Crippen molar-refractivity contribution in [3.05, 3.63) is 35.6 Å². The molecular weight excluding hydrogens is 263 g/mol. The fourth-order valence-electron chi connectivity index (χ4n) is 1.15. The van der Waals surface area contributed by atoms with Gasteiger partial charge in [0.25, 0.3) is 0 Å². The van der Waals surface area contributed by atoms with E-state index < -0.39 is 0 Å². The second-order valence-electron chi connectivity index (χ2n) is 3.99. The molecule has 0 aliphatic heterocycles. The van der Waals surface area contributed by atoms with E-state index in [0.717, 1.165) is 5.56 Å². The van der Waals surface area contributed by atoms with Crippen molar-refractivity contribution in [1.29, 1.82) is 0 Å². The summed E-state index contributed by atoms with van der Waals surface area (Å²) >= 11 is 1.41. The Morgan fingerprint density at radius 3 is 2.37 bits per heavy atom. The minimum absolute atomic E-state index is 0.263. The van der Waals surface area contributed by atoms with E-state index in [0.29, 0.717) is 10.9 Å². The molecule has 0 saturated carbocycles. The zero-order valence-corrected chi connectivity index (χ0v) is 12.3. The number of rotatable bonds is 3. The van der Waals surface area contributed by atoms with Crippen LogP contribution in [-0.4, -0.2) is 42.5 Å². The monoisotopic (exact) mass is 280 g/mol. The normalized spacial score (nSPS) is 13.1. The zero-order chi connectivity index (χ0) is 14.3. The maximum atomic E-state index is 12.8. The molecule has 0 N–H and O–H groups in total. The Labute approximate surface area is 117 Å². The summed E-state index contributed by atoms with van der Waals surface area (Å²) in [7, 11) is 3.77. The van der Waals surface area contributed by atoms with Gasteiger partial charge in [-0.3, -0.25) is 0 Å². The summed E-state index contributed by atoms with van der Waals surface area (Å²) in [5.74, 6) is -0.263. The van der Waals surface area contributed by atoms with Crippen molar-refractivity contribution in [1.82, 2.24) is 4.90 Å². The van der Waals surface area contributed by atoms with Crippen LogP contribution in [0, 0.1) is 5.82 Å². The highest BCUT2D eigenvalue weighted by Gasteiger charge is 1.98. The lowest BCUT2D eigenvalue weighted by Crippen LogP contribution is -2.08. The molecule has 0 aliphatic rings. The van der Waals surface area contributed by atoms with Gasteiger partial charge in [-0.2, -0.15) is 5.10 Å². The molecule has 1 aromatic carbocycles. The van der Waals surface area contributed by atoms with E-state index in [1.54, 1.807) is 18.5 Å². The first-order valence-corrected chi connectivity index (χ1v) is 6.88. The van der Waals surface area contributed by atoms with E-state index in [4.69, 9.17) is 0 Å². The Balaban J connectivity index is 2.85. The number of hydrogen-bond acceptors (Lipinski definition) is 3. The van der Waals surface area contributed by atoms with Crippen molar-refractivity contribution in [2.75, 3.05) is 20.4 Å². The van der Waals surface area contributed by atoms with E-state index in [-0.39, 0.29) is 5.82 Å². The van der Waals surface area contributed by atoms with Crippen molar-refractivity contribution < 1.29 is 4.39 Å². The first kappa shape index (κ1) is 15.4. The molecule has 1 aromatic rings. The maximum absolute atomic E-state index is 12.8. The zero-order valence-electron chi connectivity index (χ0n) is 11.5. The molecule has 0 fully saturated rings. The van der Waals surface area contributed by atoms with Crippen LogP contribution in [0.1, 0.15) is 12.5 Å². The first-order valence-electron chi connectivity index (χ1n) is 5.65. The summed E-state index contributed by atoms with van der Waals surface area (Å²) in [6.45, 7) is 1.82. The summed E-state index contributed by atoms with van der Waals surface area (Å²) in [5, 5.41) is 8.73. The third kappa shape index (κ3) is 5.65. The van der Waals surface area contributed by atoms with Crippen LogP contribution < -0.4 is 0 Å². The predicted octanol–water partition coefficient (Wildman–Crippen LogP) is 2.86. The topological polar surface area (TPSA) is 40.3 Å². The van der Waals surface area contributed by atoms with Crippen molar-refractivity contribution in [3.8, 4) is 0 Å². The third-order valence-electron chi connectivity index (χ3n) is 2.13. The molecule has 1 rings (SSSR count). The highest BCUT2D eigenvalue weighted by atomic mass is 32.2. The lowest BCUT2D eigenvalue weighted by molar-refractivity contribution is 0.628. The van der Waals surface area contributed by atoms with Gasteiger partial charge >= 0.3 is 0 Å². The highest BCUT2D eigenvalue weighted by Crippen LogP contribution is 2.06. The molecule has 0 spiro atoms. The average Bonchev–Trinajstić information content (AvgIpc) is 2.39. The summed E-state index contributed by atoms with van der Waals surface area (Å²) < 4.78 is 12.8. The SMILES string of the molecule is CSC(=N\N=C(\C)c1ccc(F)cc1)/N=C/N(C)C. The van der Waals surface area contributed by atoms with Crippen LogP contribution in [0.2, 0.25) is 0 Å². The Morgan fingerprint density at radius 1 is 1.21 bits per heavy atom. The lowest BCUT2D eigenvalue weighted by Gasteiger charge is -2.02. The van der Waals surface area contributed by atoms with Crippen molar-refractivity contribution >= 4 is 29.0 Å². The van der Waals surface area contributed by atoms with Gasteiger partial charge in [0.2, 0.25) is 5.17 Å². The molecule has 19 heavy (non-hydrogen) atoms. The third-order valence-corrected chi connectivity index (χ3v) is 2.68. The number of halogens is 1. The highest BCUT2D eigenvalue weighted by molar-refractivity contribution is 8.13. The van der Waals surface area contributed by atoms with Crippen LogP contribution in [0.25, 0.3) is 0 Å². The van der Waals surface area contributed by atoms with Crippen molar-refractivity contribution in [2.24, 2.45) is 15.2 Å². The van der Waals surface area contributed by atoms with Gasteiger partial charge in [-0.1, -0.05) is 23.9 Å². The Bertz CT molecular complexity index is 492. The molecule has 0 heterocycles. The minimum Gasteiger partial charge on any atom is -0.369 e. The van der Waals surface area contributed by atoms with Gasteiger partial charge in [0.15, 0.2) is 0 Å². The number of benzene rings is 1. The van der Waals surface area contributed by atoms with Gasteiger partial charge in [0.1, 0.15) is 5.82 Å². The molecule has 0 aliphatic carbocycles. The molecular formula is C13H17FN4S. The number of amidine groups is 1. The summed E-state index contributed by atoms with van der Waals surface area (Å²) in [6.07, 6.45) is 3.55. The summed E-state index contributed by atoms with van der Waals surface area (Å²) in [5.41, 5.74) is 1.55. The molecule has 0 aromatic heterocycles. The van der Waals surface area contributed by atoms with Crippen LogP contribution in [-0.2, 0) is 0 Å². The quantitative estimate of drug-likeness (QED) is 0.485. The van der Waals surface area contributed by atoms with Crippen molar-refractivity contribution in [2.45, 2.75) is 6.92 Å². The Hall–Kier alpha value is -1.69. The number of hydrogen-bond donors (Lipinski definition) is 0. The molecule has 0 bridgehead atoms. The van der Waals surface area contributed by atoms with Gasteiger partial charge in [-0.15, -0.1) is 5.10 Å². The molecule has 6 heteroatoms. The first-order chi connectivity index (χ1) is 9.02. The van der Waals surface area contributed by atoms with Gasteiger partial charge < -0.3 is 4.90 Å². The van der Waals surface area contributed by atoms with Crippen LogP contribution in [0.15, 0.2) is 39.5 Å². The Kier molecular flexibility index (Phi) is 6.21. The van der Waals surface area contributed by atoms with Crippen molar-refractivity contribution in [3.63, 3.8) is 0 Å². The summed E-state index contributed by atoms with van der Waals surface area (Å²) in [6, 6.07) is 6.15. The van der Waals surface area contributed by atoms with E-state index in [9.17, 15) is 4.39 Å². The molecule has 0 saturated heterocycles. The molecule has 4 nitrogen and oxygen atoms in total. The fourth-order valence-corrected chi connectivity index (χ4v) is 1.43. The minimum atomic E-state index is -0.263. The second kappa shape index (κ2) is 7.68. The molecule has 0 radical (unpaired) electrons. The van der Waals surface area contributed by atoms with Gasteiger partial charge in [-0.05, 0) is 30.9 Å². The van der Waals surface area contributed by atoms with E-state index in [2.05, 4.69) is 15.2 Å². The fraction of sp³-hybridized carbons (Fsp3) is 0.308. The van der Waals surface area contributed by atoms with Gasteiger partial charge in [-0.25, -0.2) is 9.38 Å². The number of nitrogens with zero attached hydrogens (tertiary/aromatic N) is 4. The molecule has 102 valence electrons. The number of aliphatic imine (C=N–C) groups is 1. The second-order valence-corrected chi connectivity index (χ2v) is 4.76. The van der Waals surface area contributed by atoms with E-state index in [1.807, 2.05) is 32.2 Å². The van der Waals surface area contributed by atoms with Crippen LogP contribution >= 0.6 is 11.8 Å². The summed E-state index contributed by atoms with van der Waals surface area (Å²) in [4.78, 5) is 5.99. The molecule has 0 atom stereocenters.